The molecule has 0 saturated heterocycles. The van der Waals surface area contributed by atoms with Gasteiger partial charge in [-0.1, -0.05) is 6.07 Å². The highest BCUT2D eigenvalue weighted by molar-refractivity contribution is 7.15. The molecule has 0 unspecified atom stereocenters. The van der Waals surface area contributed by atoms with Gasteiger partial charge in [0.2, 0.25) is 0 Å². The molecular formula is C19H14N4OS. The lowest BCUT2D eigenvalue weighted by Crippen LogP contribution is -2.06. The number of pyridine rings is 1. The van der Waals surface area contributed by atoms with Gasteiger partial charge >= 0.3 is 0 Å². The van der Waals surface area contributed by atoms with Crippen LogP contribution in [0.25, 0.3) is 21.3 Å². The molecule has 0 saturated carbocycles. The van der Waals surface area contributed by atoms with Crippen molar-refractivity contribution in [1.29, 1.82) is 0 Å². The standard InChI is InChI=1S/C19H14N4OS/c1-12-21-11-19(25-12)14-2-3-17-15(8-14)9-16(22-23-17)10-18(24)13-4-6-20-7-5-13/h2-9,11H,10H2,1H3. The first-order chi connectivity index (χ1) is 12.2. The van der Waals surface area contributed by atoms with E-state index < -0.39 is 0 Å². The number of hydrogen-bond acceptors (Lipinski definition) is 6. The van der Waals surface area contributed by atoms with Crippen LogP contribution in [0.15, 0.2) is 55.0 Å². The van der Waals surface area contributed by atoms with Crippen molar-refractivity contribution in [1.82, 2.24) is 20.2 Å². The van der Waals surface area contributed by atoms with Crippen molar-refractivity contribution in [3.8, 4) is 10.4 Å². The molecule has 0 aliphatic carbocycles. The number of rotatable bonds is 4. The van der Waals surface area contributed by atoms with Gasteiger partial charge in [-0.3, -0.25) is 9.78 Å². The third-order valence-electron chi connectivity index (χ3n) is 3.89. The normalized spacial score (nSPS) is 10.9. The van der Waals surface area contributed by atoms with Gasteiger partial charge in [0.05, 0.1) is 27.5 Å². The Morgan fingerprint density at radius 2 is 1.92 bits per heavy atom. The Labute approximate surface area is 148 Å². The number of ketones is 1. The molecule has 4 rings (SSSR count). The number of fused-ring (bicyclic) bond motifs is 1. The minimum absolute atomic E-state index is 0.00489. The molecule has 0 bridgehead atoms. The number of carbonyl (C=O) groups is 1. The van der Waals surface area contributed by atoms with Gasteiger partial charge in [-0.05, 0) is 42.8 Å². The topological polar surface area (TPSA) is 68.6 Å². The zero-order chi connectivity index (χ0) is 17.2. The number of benzene rings is 1. The highest BCUT2D eigenvalue weighted by Crippen LogP contribution is 2.28. The van der Waals surface area contributed by atoms with Crippen LogP contribution in [0, 0.1) is 6.92 Å². The summed E-state index contributed by atoms with van der Waals surface area (Å²) in [5, 5.41) is 10.4. The molecule has 25 heavy (non-hydrogen) atoms. The average Bonchev–Trinajstić information content (AvgIpc) is 3.08. The van der Waals surface area contributed by atoms with Gasteiger partial charge in [0.15, 0.2) is 5.78 Å². The number of aromatic nitrogens is 4. The van der Waals surface area contributed by atoms with E-state index in [1.807, 2.05) is 31.3 Å². The highest BCUT2D eigenvalue weighted by Gasteiger charge is 2.10. The molecule has 0 aliphatic heterocycles. The largest absolute Gasteiger partial charge is 0.294 e. The van der Waals surface area contributed by atoms with Crippen molar-refractivity contribution < 1.29 is 4.79 Å². The summed E-state index contributed by atoms with van der Waals surface area (Å²) >= 11 is 1.65. The number of nitrogens with zero attached hydrogens (tertiary/aromatic N) is 4. The van der Waals surface area contributed by atoms with Gasteiger partial charge in [-0.15, -0.1) is 11.3 Å². The molecule has 0 fully saturated rings. The molecule has 122 valence electrons. The Morgan fingerprint density at radius 3 is 2.68 bits per heavy atom. The SMILES string of the molecule is Cc1ncc(-c2ccc3nnc(CC(=O)c4ccncc4)cc3c2)s1. The molecule has 3 heterocycles. The van der Waals surface area contributed by atoms with Crippen LogP contribution >= 0.6 is 11.3 Å². The lowest BCUT2D eigenvalue weighted by Gasteiger charge is -2.04. The Kier molecular flexibility index (Phi) is 4.03. The number of hydrogen-bond donors (Lipinski definition) is 0. The van der Waals surface area contributed by atoms with Crippen molar-refractivity contribution in [3.63, 3.8) is 0 Å². The maximum Gasteiger partial charge on any atom is 0.168 e. The molecule has 4 aromatic rings. The molecule has 0 spiro atoms. The Balaban J connectivity index is 1.66. The highest BCUT2D eigenvalue weighted by atomic mass is 32.1. The van der Waals surface area contributed by atoms with Crippen LogP contribution in [0.3, 0.4) is 0 Å². The minimum atomic E-state index is 0.00489. The smallest absolute Gasteiger partial charge is 0.168 e. The van der Waals surface area contributed by atoms with Crippen LogP contribution < -0.4 is 0 Å². The average molecular weight is 346 g/mol. The van der Waals surface area contributed by atoms with E-state index in [1.165, 1.54) is 0 Å². The van der Waals surface area contributed by atoms with Gasteiger partial charge in [-0.2, -0.15) is 10.2 Å². The van der Waals surface area contributed by atoms with Crippen molar-refractivity contribution >= 4 is 28.0 Å². The van der Waals surface area contributed by atoms with Gasteiger partial charge in [0.25, 0.3) is 0 Å². The molecule has 0 radical (unpaired) electrons. The van der Waals surface area contributed by atoms with Crippen LogP contribution in [-0.2, 0) is 6.42 Å². The second-order valence-corrected chi connectivity index (χ2v) is 6.92. The van der Waals surface area contributed by atoms with Crippen LogP contribution in [-0.4, -0.2) is 25.9 Å². The molecule has 6 heteroatoms. The first-order valence-electron chi connectivity index (χ1n) is 7.81. The maximum absolute atomic E-state index is 12.3. The lowest BCUT2D eigenvalue weighted by molar-refractivity contribution is 0.0991. The molecule has 0 amide bonds. The van der Waals surface area contributed by atoms with Crippen LogP contribution in [0.1, 0.15) is 21.1 Å². The molecule has 1 aromatic carbocycles. The van der Waals surface area contributed by atoms with E-state index in [1.54, 1.807) is 35.9 Å². The Hall–Kier alpha value is -2.99. The first-order valence-corrected chi connectivity index (χ1v) is 8.63. The Bertz CT molecular complexity index is 1060. The Morgan fingerprint density at radius 1 is 1.08 bits per heavy atom. The van der Waals surface area contributed by atoms with E-state index in [-0.39, 0.29) is 12.2 Å². The number of thiazole rings is 1. The van der Waals surface area contributed by atoms with Crippen molar-refractivity contribution in [2.45, 2.75) is 13.3 Å². The summed E-state index contributed by atoms with van der Waals surface area (Å²) in [4.78, 5) is 21.7. The van der Waals surface area contributed by atoms with Crippen molar-refractivity contribution in [2.75, 3.05) is 0 Å². The van der Waals surface area contributed by atoms with E-state index >= 15 is 0 Å². The summed E-state index contributed by atoms with van der Waals surface area (Å²) in [6.45, 7) is 1.99. The third-order valence-corrected chi connectivity index (χ3v) is 4.85. The van der Waals surface area contributed by atoms with E-state index in [0.717, 1.165) is 26.4 Å². The predicted octanol–water partition coefficient (Wildman–Crippen LogP) is 3.88. The van der Waals surface area contributed by atoms with E-state index in [0.29, 0.717) is 11.3 Å². The summed E-state index contributed by atoms with van der Waals surface area (Å²) in [6, 6.07) is 11.4. The van der Waals surface area contributed by atoms with Crippen molar-refractivity contribution in [2.24, 2.45) is 0 Å². The fraction of sp³-hybridized carbons (Fsp3) is 0.105. The van der Waals surface area contributed by atoms with Gasteiger partial charge < -0.3 is 0 Å². The lowest BCUT2D eigenvalue weighted by atomic mass is 10.1. The van der Waals surface area contributed by atoms with E-state index in [4.69, 9.17) is 0 Å². The molecule has 0 atom stereocenters. The molecule has 0 aliphatic rings. The second kappa shape index (κ2) is 6.49. The maximum atomic E-state index is 12.3. The van der Waals surface area contributed by atoms with Crippen molar-refractivity contribution in [3.05, 3.63) is 71.3 Å². The van der Waals surface area contributed by atoms with Gasteiger partial charge in [-0.25, -0.2) is 4.98 Å². The number of carbonyl (C=O) groups excluding carboxylic acids is 1. The van der Waals surface area contributed by atoms with Crippen LogP contribution in [0.2, 0.25) is 0 Å². The zero-order valence-corrected chi connectivity index (χ0v) is 14.3. The fourth-order valence-corrected chi connectivity index (χ4v) is 3.40. The molecular weight excluding hydrogens is 332 g/mol. The van der Waals surface area contributed by atoms with Gasteiger partial charge in [0.1, 0.15) is 0 Å². The third kappa shape index (κ3) is 3.29. The van der Waals surface area contributed by atoms with E-state index in [9.17, 15) is 4.79 Å². The molecule has 5 nitrogen and oxygen atoms in total. The summed E-state index contributed by atoms with van der Waals surface area (Å²) < 4.78 is 0. The summed E-state index contributed by atoms with van der Waals surface area (Å²) in [7, 11) is 0. The quantitative estimate of drug-likeness (QED) is 0.525. The summed E-state index contributed by atoms with van der Waals surface area (Å²) in [6.07, 6.45) is 5.33. The summed E-state index contributed by atoms with van der Waals surface area (Å²) in [5.41, 5.74) is 3.19. The number of aryl methyl sites for hydroxylation is 1. The number of Topliss-reactive ketones (excluding diaryl/α,β-unsaturated/α-hetero) is 1. The second-order valence-electron chi connectivity index (χ2n) is 5.69. The predicted molar refractivity (Wildman–Crippen MR) is 97.7 cm³/mol. The first kappa shape index (κ1) is 15.5. The fourth-order valence-electron chi connectivity index (χ4n) is 2.63. The van der Waals surface area contributed by atoms with Crippen LogP contribution in [0.5, 0.6) is 0 Å². The molecule has 0 N–H and O–H groups in total. The monoisotopic (exact) mass is 346 g/mol. The zero-order valence-electron chi connectivity index (χ0n) is 13.5. The van der Waals surface area contributed by atoms with Gasteiger partial charge in [0, 0.05) is 29.5 Å². The summed E-state index contributed by atoms with van der Waals surface area (Å²) in [5.74, 6) is 0.00489. The van der Waals surface area contributed by atoms with Crippen LogP contribution in [0.4, 0.5) is 0 Å². The van der Waals surface area contributed by atoms with E-state index in [2.05, 4.69) is 26.2 Å². The molecule has 3 aromatic heterocycles. The minimum Gasteiger partial charge on any atom is -0.294 e.